The molecule has 1 aromatic carbocycles. The second-order valence-corrected chi connectivity index (χ2v) is 8.26. The fourth-order valence-corrected chi connectivity index (χ4v) is 4.24. The maximum atomic E-state index is 5.02. The van der Waals surface area contributed by atoms with Gasteiger partial charge in [0.25, 0.3) is 0 Å². The minimum absolute atomic E-state index is 0. The van der Waals surface area contributed by atoms with Gasteiger partial charge in [-0.3, -0.25) is 14.8 Å². The summed E-state index contributed by atoms with van der Waals surface area (Å²) in [5, 5.41) is 3.52. The van der Waals surface area contributed by atoms with E-state index in [0.717, 1.165) is 51.8 Å². The Morgan fingerprint density at radius 2 is 1.57 bits per heavy atom. The van der Waals surface area contributed by atoms with E-state index in [4.69, 9.17) is 4.99 Å². The molecule has 6 nitrogen and oxygen atoms in total. The van der Waals surface area contributed by atoms with Crippen LogP contribution in [0, 0.1) is 0 Å². The largest absolute Gasteiger partial charge is 0.357 e. The molecular formula is C23H41IN6. The molecule has 7 heteroatoms. The lowest BCUT2D eigenvalue weighted by molar-refractivity contribution is 0.108. The first-order valence-corrected chi connectivity index (χ1v) is 11.5. The summed E-state index contributed by atoms with van der Waals surface area (Å²) in [6.07, 6.45) is 0. The fourth-order valence-electron chi connectivity index (χ4n) is 4.24. The molecule has 1 atom stereocenters. The summed E-state index contributed by atoms with van der Waals surface area (Å²) in [4.78, 5) is 15.1. The molecule has 1 aromatic rings. The van der Waals surface area contributed by atoms with E-state index < -0.39 is 0 Å². The average molecular weight is 529 g/mol. The minimum Gasteiger partial charge on any atom is -0.357 e. The predicted octanol–water partition coefficient (Wildman–Crippen LogP) is 2.41. The number of hydrogen-bond donors (Lipinski definition) is 1. The zero-order valence-electron chi connectivity index (χ0n) is 19.1. The third-order valence-electron chi connectivity index (χ3n) is 6.24. The van der Waals surface area contributed by atoms with Crippen LogP contribution in [0.25, 0.3) is 0 Å². The Bertz CT molecular complexity index is 609. The smallest absolute Gasteiger partial charge is 0.194 e. The van der Waals surface area contributed by atoms with E-state index >= 15 is 0 Å². The van der Waals surface area contributed by atoms with Crippen LogP contribution in [0.15, 0.2) is 35.3 Å². The summed E-state index contributed by atoms with van der Waals surface area (Å²) in [7, 11) is 0. The van der Waals surface area contributed by atoms with Crippen molar-refractivity contribution in [1.82, 2.24) is 24.9 Å². The molecule has 30 heavy (non-hydrogen) atoms. The Balaban J connectivity index is 0.00000320. The molecule has 170 valence electrons. The first-order valence-electron chi connectivity index (χ1n) is 11.5. The van der Waals surface area contributed by atoms with E-state index in [-0.39, 0.29) is 24.0 Å². The molecule has 2 aliphatic rings. The highest BCUT2D eigenvalue weighted by Crippen LogP contribution is 2.10. The zero-order chi connectivity index (χ0) is 20.5. The van der Waals surface area contributed by atoms with Gasteiger partial charge >= 0.3 is 0 Å². The maximum Gasteiger partial charge on any atom is 0.194 e. The predicted molar refractivity (Wildman–Crippen MR) is 138 cm³/mol. The monoisotopic (exact) mass is 528 g/mol. The molecule has 0 aliphatic carbocycles. The van der Waals surface area contributed by atoms with Crippen LogP contribution < -0.4 is 5.32 Å². The molecule has 0 amide bonds. The number of halogens is 1. The summed E-state index contributed by atoms with van der Waals surface area (Å²) in [5.74, 6) is 1.09. The van der Waals surface area contributed by atoms with Crippen LogP contribution in [0.2, 0.25) is 0 Å². The second-order valence-electron chi connectivity index (χ2n) is 8.26. The Morgan fingerprint density at radius 1 is 0.933 bits per heavy atom. The van der Waals surface area contributed by atoms with Crippen LogP contribution >= 0.6 is 24.0 Å². The van der Waals surface area contributed by atoms with Gasteiger partial charge in [-0.05, 0) is 26.0 Å². The molecule has 0 spiro atoms. The van der Waals surface area contributed by atoms with Crippen molar-refractivity contribution in [2.75, 3.05) is 72.0 Å². The number of likely N-dealkylation sites (N-methyl/N-ethyl adjacent to an activating group) is 1. The van der Waals surface area contributed by atoms with Crippen LogP contribution in [0.3, 0.4) is 0 Å². The highest BCUT2D eigenvalue weighted by atomic mass is 127. The summed E-state index contributed by atoms with van der Waals surface area (Å²) < 4.78 is 0. The van der Waals surface area contributed by atoms with Crippen molar-refractivity contribution >= 4 is 29.9 Å². The highest BCUT2D eigenvalue weighted by Gasteiger charge is 2.22. The van der Waals surface area contributed by atoms with Crippen molar-refractivity contribution < 1.29 is 0 Å². The average Bonchev–Trinajstić information content (AvgIpc) is 2.78. The van der Waals surface area contributed by atoms with Gasteiger partial charge in [0.2, 0.25) is 0 Å². The fraction of sp³-hybridized carbons (Fsp3) is 0.696. The van der Waals surface area contributed by atoms with Gasteiger partial charge in [-0.2, -0.15) is 0 Å². The second kappa shape index (κ2) is 13.5. The van der Waals surface area contributed by atoms with Gasteiger partial charge in [0, 0.05) is 71.5 Å². The van der Waals surface area contributed by atoms with E-state index in [1.807, 2.05) is 0 Å². The van der Waals surface area contributed by atoms with Gasteiger partial charge < -0.3 is 15.1 Å². The molecule has 3 rings (SSSR count). The lowest BCUT2D eigenvalue weighted by Gasteiger charge is -2.38. The quantitative estimate of drug-likeness (QED) is 0.335. The van der Waals surface area contributed by atoms with Crippen LogP contribution in [0.5, 0.6) is 0 Å². The van der Waals surface area contributed by atoms with Gasteiger partial charge in [-0.25, -0.2) is 0 Å². The number of hydrogen-bond acceptors (Lipinski definition) is 4. The first-order chi connectivity index (χ1) is 14.2. The van der Waals surface area contributed by atoms with Gasteiger partial charge in [-0.15, -0.1) is 24.0 Å². The van der Waals surface area contributed by atoms with Crippen molar-refractivity contribution in [3.8, 4) is 0 Å². The number of nitrogens with one attached hydrogen (secondary N) is 1. The summed E-state index contributed by atoms with van der Waals surface area (Å²) in [6.45, 7) is 19.7. The van der Waals surface area contributed by atoms with E-state index in [9.17, 15) is 0 Å². The summed E-state index contributed by atoms with van der Waals surface area (Å²) in [5.41, 5.74) is 1.40. The molecule has 0 saturated carbocycles. The van der Waals surface area contributed by atoms with Crippen molar-refractivity contribution in [2.45, 2.75) is 33.4 Å². The maximum absolute atomic E-state index is 5.02. The van der Waals surface area contributed by atoms with Gasteiger partial charge in [0.05, 0.1) is 6.54 Å². The number of rotatable bonds is 7. The Hall–Kier alpha value is -0.900. The van der Waals surface area contributed by atoms with E-state index in [2.05, 4.69) is 76.0 Å². The molecule has 0 aromatic heterocycles. The van der Waals surface area contributed by atoms with E-state index in [1.165, 1.54) is 38.3 Å². The number of guanidine groups is 1. The van der Waals surface area contributed by atoms with Crippen LogP contribution in [-0.4, -0.2) is 104 Å². The van der Waals surface area contributed by atoms with Crippen LogP contribution in [0.4, 0.5) is 0 Å². The molecular weight excluding hydrogens is 487 g/mol. The molecule has 2 aliphatic heterocycles. The number of aliphatic imine (C=N–C) groups is 1. The van der Waals surface area contributed by atoms with Crippen molar-refractivity contribution in [1.29, 1.82) is 0 Å². The Labute approximate surface area is 200 Å². The third-order valence-corrected chi connectivity index (χ3v) is 6.24. The molecule has 2 fully saturated rings. The number of nitrogens with zero attached hydrogens (tertiary/aromatic N) is 5. The van der Waals surface area contributed by atoms with Crippen molar-refractivity contribution in [3.63, 3.8) is 0 Å². The topological polar surface area (TPSA) is 37.4 Å². The molecule has 1 N–H and O–H groups in total. The van der Waals surface area contributed by atoms with Crippen molar-refractivity contribution in [3.05, 3.63) is 35.9 Å². The number of benzene rings is 1. The molecule has 1 unspecified atom stereocenters. The Morgan fingerprint density at radius 3 is 2.17 bits per heavy atom. The lowest BCUT2D eigenvalue weighted by Crippen LogP contribution is -2.53. The van der Waals surface area contributed by atoms with Gasteiger partial charge in [0.1, 0.15) is 0 Å². The molecule has 2 heterocycles. The summed E-state index contributed by atoms with van der Waals surface area (Å²) in [6, 6.07) is 11.3. The summed E-state index contributed by atoms with van der Waals surface area (Å²) >= 11 is 0. The minimum atomic E-state index is 0. The SMILES string of the molecule is CCNC(=NCC(C)N1CCN(CC)CC1)N1CCN(Cc2ccccc2)CC1.I. The first kappa shape index (κ1) is 25.4. The van der Waals surface area contributed by atoms with Gasteiger partial charge in [0.15, 0.2) is 5.96 Å². The Kier molecular flexibility index (Phi) is 11.4. The van der Waals surface area contributed by atoms with Gasteiger partial charge in [-0.1, -0.05) is 37.3 Å². The van der Waals surface area contributed by atoms with Crippen molar-refractivity contribution in [2.24, 2.45) is 4.99 Å². The lowest BCUT2D eigenvalue weighted by atomic mass is 10.2. The van der Waals surface area contributed by atoms with Crippen LogP contribution in [-0.2, 0) is 6.54 Å². The normalized spacial score (nSPS) is 20.6. The van der Waals surface area contributed by atoms with Crippen LogP contribution in [0.1, 0.15) is 26.3 Å². The third kappa shape index (κ3) is 7.66. The molecule has 0 radical (unpaired) electrons. The molecule has 0 bridgehead atoms. The standard InChI is InChI=1S/C23H40N6.HI/c1-4-24-23(25-19-21(3)28-15-11-26(5-2)12-16-28)29-17-13-27(14-18-29)20-22-9-7-6-8-10-22;/h6-10,21H,4-5,11-20H2,1-3H3,(H,24,25);1H. The van der Waals surface area contributed by atoms with E-state index in [1.54, 1.807) is 0 Å². The number of piperazine rings is 2. The zero-order valence-corrected chi connectivity index (χ0v) is 21.4. The highest BCUT2D eigenvalue weighted by molar-refractivity contribution is 14.0. The van der Waals surface area contributed by atoms with E-state index in [0.29, 0.717) is 6.04 Å². The molecule has 2 saturated heterocycles.